The van der Waals surface area contributed by atoms with Gasteiger partial charge in [0, 0.05) is 12.1 Å². The van der Waals surface area contributed by atoms with Crippen LogP contribution < -0.4 is 15.6 Å². The topological polar surface area (TPSA) is 86.1 Å². The van der Waals surface area contributed by atoms with Crippen LogP contribution in [-0.4, -0.2) is 27.3 Å². The van der Waals surface area contributed by atoms with Gasteiger partial charge in [0.2, 0.25) is 11.0 Å². The highest BCUT2D eigenvalue weighted by molar-refractivity contribution is 7.15. The molecule has 0 atom stereocenters. The van der Waals surface area contributed by atoms with Crippen molar-refractivity contribution in [1.29, 1.82) is 0 Å². The molecular weight excluding hydrogens is 316 g/mol. The maximum absolute atomic E-state index is 12.2. The van der Waals surface area contributed by atoms with Gasteiger partial charge in [0.25, 0.3) is 5.56 Å². The number of ether oxygens (including phenoxy) is 1. The molecule has 0 fully saturated rings. The number of amides is 1. The Morgan fingerprint density at radius 1 is 1.43 bits per heavy atom. The zero-order valence-corrected chi connectivity index (χ0v) is 14.2. The van der Waals surface area contributed by atoms with Crippen molar-refractivity contribution in [3.05, 3.63) is 33.7 Å². The first-order chi connectivity index (χ1) is 11.0. The SMILES string of the molecule is CCCOc1cccn(CC(=O)Nc2nnc(C(C)C)s2)c1=O. The Morgan fingerprint density at radius 2 is 2.22 bits per heavy atom. The van der Waals surface area contributed by atoms with Crippen LogP contribution in [0, 0.1) is 0 Å². The third-order valence-electron chi connectivity index (χ3n) is 2.94. The van der Waals surface area contributed by atoms with E-state index >= 15 is 0 Å². The van der Waals surface area contributed by atoms with Crippen molar-refractivity contribution in [2.75, 3.05) is 11.9 Å². The van der Waals surface area contributed by atoms with E-state index in [4.69, 9.17) is 4.74 Å². The van der Waals surface area contributed by atoms with Gasteiger partial charge in [-0.25, -0.2) is 0 Å². The van der Waals surface area contributed by atoms with E-state index in [1.807, 2.05) is 20.8 Å². The van der Waals surface area contributed by atoms with Crippen LogP contribution in [-0.2, 0) is 11.3 Å². The summed E-state index contributed by atoms with van der Waals surface area (Å²) in [6.07, 6.45) is 2.37. The van der Waals surface area contributed by atoms with Gasteiger partial charge in [-0.1, -0.05) is 32.1 Å². The van der Waals surface area contributed by atoms with Crippen molar-refractivity contribution in [2.24, 2.45) is 0 Å². The number of hydrogen-bond acceptors (Lipinski definition) is 6. The van der Waals surface area contributed by atoms with Crippen LogP contribution in [0.25, 0.3) is 0 Å². The quantitative estimate of drug-likeness (QED) is 0.838. The summed E-state index contributed by atoms with van der Waals surface area (Å²) >= 11 is 1.33. The van der Waals surface area contributed by atoms with Gasteiger partial charge in [-0.05, 0) is 18.6 Å². The highest BCUT2D eigenvalue weighted by Crippen LogP contribution is 2.22. The fourth-order valence-corrected chi connectivity index (χ4v) is 2.56. The summed E-state index contributed by atoms with van der Waals surface area (Å²) in [5, 5.41) is 11.9. The third-order valence-corrected chi connectivity index (χ3v) is 4.08. The molecule has 0 spiro atoms. The van der Waals surface area contributed by atoms with E-state index in [0.29, 0.717) is 11.7 Å². The van der Waals surface area contributed by atoms with Crippen LogP contribution in [0.15, 0.2) is 23.1 Å². The van der Waals surface area contributed by atoms with E-state index in [1.165, 1.54) is 15.9 Å². The molecule has 2 rings (SSSR count). The molecule has 0 saturated carbocycles. The van der Waals surface area contributed by atoms with E-state index in [0.717, 1.165) is 11.4 Å². The molecule has 0 aliphatic carbocycles. The van der Waals surface area contributed by atoms with Crippen LogP contribution in [0.4, 0.5) is 5.13 Å². The molecule has 2 heterocycles. The molecule has 124 valence electrons. The molecule has 0 radical (unpaired) electrons. The van der Waals surface area contributed by atoms with Gasteiger partial charge in [-0.15, -0.1) is 10.2 Å². The second kappa shape index (κ2) is 7.87. The third kappa shape index (κ3) is 4.62. The van der Waals surface area contributed by atoms with Gasteiger partial charge in [0.05, 0.1) is 6.61 Å². The van der Waals surface area contributed by atoms with E-state index in [2.05, 4.69) is 15.5 Å². The van der Waals surface area contributed by atoms with Gasteiger partial charge >= 0.3 is 0 Å². The number of carbonyl (C=O) groups excluding carboxylic acids is 1. The molecule has 2 aromatic rings. The maximum Gasteiger partial charge on any atom is 0.293 e. The summed E-state index contributed by atoms with van der Waals surface area (Å²) < 4.78 is 6.68. The Kier molecular flexibility index (Phi) is 5.86. The molecule has 1 N–H and O–H groups in total. The van der Waals surface area contributed by atoms with Crippen LogP contribution in [0.1, 0.15) is 38.1 Å². The van der Waals surface area contributed by atoms with Gasteiger partial charge in [0.1, 0.15) is 11.6 Å². The number of nitrogens with zero attached hydrogens (tertiary/aromatic N) is 3. The van der Waals surface area contributed by atoms with E-state index in [-0.39, 0.29) is 29.7 Å². The standard InChI is InChI=1S/C15H20N4O3S/c1-4-8-22-11-6-5-7-19(14(11)21)9-12(20)16-15-18-17-13(23-15)10(2)3/h5-7,10H,4,8-9H2,1-3H3,(H,16,18,20). The van der Waals surface area contributed by atoms with Gasteiger partial charge < -0.3 is 9.30 Å². The molecule has 8 heteroatoms. The molecule has 0 bridgehead atoms. The average molecular weight is 336 g/mol. The Labute approximate surface area is 138 Å². The zero-order chi connectivity index (χ0) is 16.8. The minimum atomic E-state index is -0.328. The Balaban J connectivity index is 2.03. The molecule has 0 aliphatic heterocycles. The first-order valence-corrected chi connectivity index (χ1v) is 8.28. The normalized spacial score (nSPS) is 10.8. The molecule has 0 aromatic carbocycles. The summed E-state index contributed by atoms with van der Waals surface area (Å²) in [6.45, 7) is 6.34. The monoisotopic (exact) mass is 336 g/mol. The molecule has 0 saturated heterocycles. The number of rotatable bonds is 7. The van der Waals surface area contributed by atoms with Crippen molar-refractivity contribution in [3.63, 3.8) is 0 Å². The van der Waals surface area contributed by atoms with Crippen molar-refractivity contribution in [2.45, 2.75) is 39.7 Å². The lowest BCUT2D eigenvalue weighted by atomic mass is 10.2. The van der Waals surface area contributed by atoms with Gasteiger partial charge in [-0.3, -0.25) is 14.9 Å². The summed E-state index contributed by atoms with van der Waals surface area (Å²) in [5.74, 6) is 0.180. The van der Waals surface area contributed by atoms with Crippen LogP contribution in [0.5, 0.6) is 5.75 Å². The second-order valence-corrected chi connectivity index (χ2v) is 6.31. The van der Waals surface area contributed by atoms with Crippen molar-refractivity contribution < 1.29 is 9.53 Å². The lowest BCUT2D eigenvalue weighted by molar-refractivity contribution is -0.116. The summed E-state index contributed by atoms with van der Waals surface area (Å²) in [4.78, 5) is 24.3. The van der Waals surface area contributed by atoms with Crippen LogP contribution in [0.2, 0.25) is 0 Å². The first-order valence-electron chi connectivity index (χ1n) is 7.46. The largest absolute Gasteiger partial charge is 0.488 e. The molecule has 7 nitrogen and oxygen atoms in total. The average Bonchev–Trinajstić information content (AvgIpc) is 2.97. The number of pyridine rings is 1. The van der Waals surface area contributed by atoms with E-state index in [9.17, 15) is 9.59 Å². The van der Waals surface area contributed by atoms with E-state index < -0.39 is 0 Å². The predicted octanol–water partition coefficient (Wildman–Crippen LogP) is 2.25. The smallest absolute Gasteiger partial charge is 0.293 e. The maximum atomic E-state index is 12.2. The van der Waals surface area contributed by atoms with Crippen molar-refractivity contribution in [1.82, 2.24) is 14.8 Å². The van der Waals surface area contributed by atoms with Gasteiger partial charge in [0.15, 0.2) is 5.75 Å². The fourth-order valence-electron chi connectivity index (χ4n) is 1.79. The Hall–Kier alpha value is -2.22. The fraction of sp³-hybridized carbons (Fsp3) is 0.467. The number of nitrogens with one attached hydrogen (secondary N) is 1. The Bertz CT molecular complexity index is 724. The minimum Gasteiger partial charge on any atom is -0.488 e. The van der Waals surface area contributed by atoms with Crippen molar-refractivity contribution in [3.8, 4) is 5.75 Å². The zero-order valence-electron chi connectivity index (χ0n) is 13.4. The molecule has 0 aliphatic rings. The highest BCUT2D eigenvalue weighted by Gasteiger charge is 2.12. The predicted molar refractivity (Wildman–Crippen MR) is 89.1 cm³/mol. The second-order valence-electron chi connectivity index (χ2n) is 5.30. The summed E-state index contributed by atoms with van der Waals surface area (Å²) in [7, 11) is 0. The lowest BCUT2D eigenvalue weighted by Gasteiger charge is -2.08. The molecular formula is C15H20N4O3S. The first kappa shape index (κ1) is 17.1. The number of anilines is 1. The molecule has 2 aromatic heterocycles. The summed E-state index contributed by atoms with van der Waals surface area (Å²) in [5.41, 5.74) is -0.323. The Morgan fingerprint density at radius 3 is 2.87 bits per heavy atom. The van der Waals surface area contributed by atoms with Crippen LogP contribution >= 0.6 is 11.3 Å². The molecule has 1 amide bonds. The van der Waals surface area contributed by atoms with Crippen LogP contribution in [0.3, 0.4) is 0 Å². The minimum absolute atomic E-state index is 0.0985. The lowest BCUT2D eigenvalue weighted by Crippen LogP contribution is -2.28. The van der Waals surface area contributed by atoms with E-state index in [1.54, 1.807) is 18.3 Å². The molecule has 0 unspecified atom stereocenters. The number of carbonyl (C=O) groups is 1. The van der Waals surface area contributed by atoms with Gasteiger partial charge in [-0.2, -0.15) is 0 Å². The number of aromatic nitrogens is 3. The van der Waals surface area contributed by atoms with Crippen molar-refractivity contribution >= 4 is 22.4 Å². The summed E-state index contributed by atoms with van der Waals surface area (Å²) in [6, 6.07) is 3.29. The molecule has 23 heavy (non-hydrogen) atoms. The highest BCUT2D eigenvalue weighted by atomic mass is 32.1. The number of hydrogen-bond donors (Lipinski definition) is 1.